The fraction of sp³-hybridized carbons (Fsp3) is 0.211. The van der Waals surface area contributed by atoms with E-state index in [4.69, 9.17) is 0 Å². The van der Waals surface area contributed by atoms with Crippen LogP contribution in [0.5, 0.6) is 0 Å². The number of hydrogen-bond acceptors (Lipinski definition) is 4. The summed E-state index contributed by atoms with van der Waals surface area (Å²) in [5, 5.41) is 10.6. The molecule has 1 aliphatic rings. The summed E-state index contributed by atoms with van der Waals surface area (Å²) in [5.74, 6) is -0.00910. The number of nitrogens with zero attached hydrogens (tertiary/aromatic N) is 3. The summed E-state index contributed by atoms with van der Waals surface area (Å²) in [6.45, 7) is 1.41. The number of likely N-dealkylation sites (tertiary alicyclic amines) is 1. The number of nitrogens with one attached hydrogen (secondary N) is 2. The van der Waals surface area contributed by atoms with E-state index in [0.717, 1.165) is 29.9 Å². The maximum absolute atomic E-state index is 12.7. The molecule has 126 valence electrons. The third kappa shape index (κ3) is 3.38. The largest absolute Gasteiger partial charge is 0.379 e. The second-order valence-electron chi connectivity index (χ2n) is 6.16. The lowest BCUT2D eigenvalue weighted by molar-refractivity contribution is 0.0786. The van der Waals surface area contributed by atoms with E-state index < -0.39 is 0 Å². The van der Waals surface area contributed by atoms with E-state index in [2.05, 4.69) is 20.5 Å². The first-order valence-electron chi connectivity index (χ1n) is 8.36. The summed E-state index contributed by atoms with van der Waals surface area (Å²) in [6, 6.07) is 15.8. The number of benzene rings is 1. The van der Waals surface area contributed by atoms with Crippen LogP contribution in [0.25, 0.3) is 11.3 Å². The number of aromatic amines is 1. The van der Waals surface area contributed by atoms with Gasteiger partial charge in [-0.2, -0.15) is 5.10 Å². The number of anilines is 1. The molecule has 1 fully saturated rings. The maximum Gasteiger partial charge on any atom is 0.271 e. The average Bonchev–Trinajstić information content (AvgIpc) is 3.33. The first kappa shape index (κ1) is 15.4. The van der Waals surface area contributed by atoms with Crippen LogP contribution in [0.1, 0.15) is 16.9 Å². The van der Waals surface area contributed by atoms with Crippen LogP contribution in [-0.2, 0) is 0 Å². The highest BCUT2D eigenvalue weighted by molar-refractivity contribution is 5.93. The van der Waals surface area contributed by atoms with Crippen molar-refractivity contribution in [2.24, 2.45) is 0 Å². The lowest BCUT2D eigenvalue weighted by atomic mass is 10.1. The number of H-pyrrole nitrogens is 1. The van der Waals surface area contributed by atoms with E-state index in [1.54, 1.807) is 12.4 Å². The summed E-state index contributed by atoms with van der Waals surface area (Å²) < 4.78 is 0. The zero-order valence-corrected chi connectivity index (χ0v) is 13.7. The number of carbonyl (C=O) groups is 1. The molecule has 25 heavy (non-hydrogen) atoms. The molecule has 2 N–H and O–H groups in total. The lowest BCUT2D eigenvalue weighted by Crippen LogP contribution is -2.31. The number of aromatic nitrogens is 3. The second kappa shape index (κ2) is 6.76. The van der Waals surface area contributed by atoms with Crippen molar-refractivity contribution in [2.75, 3.05) is 18.4 Å². The van der Waals surface area contributed by atoms with Gasteiger partial charge in [-0.3, -0.25) is 14.9 Å². The van der Waals surface area contributed by atoms with Gasteiger partial charge in [0.25, 0.3) is 5.91 Å². The van der Waals surface area contributed by atoms with E-state index in [1.165, 1.54) is 0 Å². The van der Waals surface area contributed by atoms with E-state index in [0.29, 0.717) is 12.2 Å². The maximum atomic E-state index is 12.7. The Morgan fingerprint density at radius 1 is 1.20 bits per heavy atom. The molecule has 6 nitrogen and oxygen atoms in total. The van der Waals surface area contributed by atoms with Crippen molar-refractivity contribution < 1.29 is 4.79 Å². The zero-order valence-electron chi connectivity index (χ0n) is 13.7. The minimum Gasteiger partial charge on any atom is -0.379 e. The van der Waals surface area contributed by atoms with Crippen molar-refractivity contribution in [3.05, 3.63) is 66.6 Å². The van der Waals surface area contributed by atoms with Crippen LogP contribution in [-0.4, -0.2) is 45.1 Å². The van der Waals surface area contributed by atoms with Crippen molar-refractivity contribution >= 4 is 11.6 Å². The zero-order chi connectivity index (χ0) is 17.1. The molecule has 2 aromatic heterocycles. The van der Waals surface area contributed by atoms with Gasteiger partial charge in [0.05, 0.1) is 11.4 Å². The first-order chi connectivity index (χ1) is 12.3. The Morgan fingerprint density at radius 3 is 2.88 bits per heavy atom. The van der Waals surface area contributed by atoms with Gasteiger partial charge in [0.2, 0.25) is 0 Å². The molecular weight excluding hydrogens is 314 g/mol. The molecule has 0 saturated carbocycles. The minimum absolute atomic E-state index is 0.00910. The van der Waals surface area contributed by atoms with Gasteiger partial charge in [0.15, 0.2) is 0 Å². The Bertz CT molecular complexity index is 847. The molecule has 6 heteroatoms. The second-order valence-corrected chi connectivity index (χ2v) is 6.16. The number of pyridine rings is 1. The van der Waals surface area contributed by atoms with Gasteiger partial charge in [-0.25, -0.2) is 0 Å². The fourth-order valence-electron chi connectivity index (χ4n) is 3.10. The van der Waals surface area contributed by atoms with Crippen LogP contribution in [0.3, 0.4) is 0 Å². The van der Waals surface area contributed by atoms with Crippen LogP contribution in [0.15, 0.2) is 60.9 Å². The monoisotopic (exact) mass is 333 g/mol. The van der Waals surface area contributed by atoms with Crippen molar-refractivity contribution in [1.29, 1.82) is 0 Å². The Kier molecular flexibility index (Phi) is 4.16. The Balaban J connectivity index is 1.41. The third-order valence-corrected chi connectivity index (χ3v) is 4.39. The van der Waals surface area contributed by atoms with Crippen molar-refractivity contribution in [3.63, 3.8) is 0 Å². The molecule has 0 spiro atoms. The fourth-order valence-corrected chi connectivity index (χ4v) is 3.10. The van der Waals surface area contributed by atoms with Crippen molar-refractivity contribution in [2.45, 2.75) is 12.5 Å². The summed E-state index contributed by atoms with van der Waals surface area (Å²) in [5.41, 5.74) is 3.29. The van der Waals surface area contributed by atoms with Crippen LogP contribution in [0, 0.1) is 0 Å². The molecular formula is C19H19N5O. The van der Waals surface area contributed by atoms with Gasteiger partial charge in [-0.05, 0) is 24.6 Å². The highest BCUT2D eigenvalue weighted by Crippen LogP contribution is 2.20. The van der Waals surface area contributed by atoms with Gasteiger partial charge < -0.3 is 10.2 Å². The van der Waals surface area contributed by atoms with E-state index in [-0.39, 0.29) is 11.9 Å². The minimum atomic E-state index is -0.00910. The molecule has 1 aromatic carbocycles. The standard InChI is InChI=1S/C19H19N5O/c25-19(18-11-17(22-23-18)14-5-2-1-3-6-14)24-10-8-16(13-24)21-15-7-4-9-20-12-15/h1-7,9,11-12,16,21H,8,10,13H2,(H,22,23). The molecule has 3 aromatic rings. The van der Waals surface area contributed by atoms with Crippen LogP contribution >= 0.6 is 0 Å². The molecule has 1 aliphatic heterocycles. The summed E-state index contributed by atoms with van der Waals surface area (Å²) in [6.07, 6.45) is 4.46. The number of rotatable bonds is 4. The number of carbonyl (C=O) groups excluding carboxylic acids is 1. The Morgan fingerprint density at radius 2 is 2.08 bits per heavy atom. The van der Waals surface area contributed by atoms with Crippen LogP contribution in [0.2, 0.25) is 0 Å². The molecule has 4 rings (SSSR count). The van der Waals surface area contributed by atoms with Crippen molar-refractivity contribution in [1.82, 2.24) is 20.1 Å². The topological polar surface area (TPSA) is 73.9 Å². The highest BCUT2D eigenvalue weighted by atomic mass is 16.2. The molecule has 3 heterocycles. The number of amides is 1. The summed E-state index contributed by atoms with van der Waals surface area (Å²) >= 11 is 0. The summed E-state index contributed by atoms with van der Waals surface area (Å²) in [7, 11) is 0. The van der Waals surface area contributed by atoms with Gasteiger partial charge in [-0.1, -0.05) is 30.3 Å². The van der Waals surface area contributed by atoms with Gasteiger partial charge in [-0.15, -0.1) is 0 Å². The number of hydrogen-bond donors (Lipinski definition) is 2. The molecule has 0 radical (unpaired) electrons. The molecule has 1 atom stereocenters. The summed E-state index contributed by atoms with van der Waals surface area (Å²) in [4.78, 5) is 18.7. The Hall–Kier alpha value is -3.15. The molecule has 0 aliphatic carbocycles. The van der Waals surface area contributed by atoms with Crippen molar-refractivity contribution in [3.8, 4) is 11.3 Å². The van der Waals surface area contributed by atoms with E-state index in [9.17, 15) is 4.79 Å². The molecule has 1 unspecified atom stereocenters. The predicted molar refractivity (Wildman–Crippen MR) is 96.2 cm³/mol. The third-order valence-electron chi connectivity index (χ3n) is 4.39. The quantitative estimate of drug-likeness (QED) is 0.770. The smallest absolute Gasteiger partial charge is 0.271 e. The lowest BCUT2D eigenvalue weighted by Gasteiger charge is -2.16. The van der Waals surface area contributed by atoms with E-state index in [1.807, 2.05) is 53.4 Å². The average molecular weight is 333 g/mol. The predicted octanol–water partition coefficient (Wildman–Crippen LogP) is 2.80. The molecule has 0 bridgehead atoms. The van der Waals surface area contributed by atoms with E-state index >= 15 is 0 Å². The SMILES string of the molecule is O=C(c1cc(-c2ccccc2)n[nH]1)N1CCC(Nc2cccnc2)C1. The van der Waals surface area contributed by atoms with Crippen LogP contribution in [0.4, 0.5) is 5.69 Å². The normalized spacial score (nSPS) is 16.8. The highest BCUT2D eigenvalue weighted by Gasteiger charge is 2.28. The molecule has 1 amide bonds. The van der Waals surface area contributed by atoms with Gasteiger partial charge in [0, 0.05) is 37.1 Å². The van der Waals surface area contributed by atoms with Gasteiger partial charge in [0.1, 0.15) is 5.69 Å². The van der Waals surface area contributed by atoms with Crippen LogP contribution < -0.4 is 5.32 Å². The van der Waals surface area contributed by atoms with Gasteiger partial charge >= 0.3 is 0 Å². The molecule has 1 saturated heterocycles. The first-order valence-corrected chi connectivity index (χ1v) is 8.36. The Labute approximate surface area is 145 Å².